The van der Waals surface area contributed by atoms with Crippen molar-refractivity contribution in [2.24, 2.45) is 0 Å². The Balaban J connectivity index is 1.95. The summed E-state index contributed by atoms with van der Waals surface area (Å²) in [5.74, 6) is 2.25. The Morgan fingerprint density at radius 3 is 2.48 bits per heavy atom. The van der Waals surface area contributed by atoms with E-state index in [1.54, 1.807) is 7.11 Å². The fourth-order valence-electron chi connectivity index (χ4n) is 2.14. The second kappa shape index (κ2) is 8.16. The molecule has 0 aliphatic rings. The molecule has 0 aromatic heterocycles. The summed E-state index contributed by atoms with van der Waals surface area (Å²) in [4.78, 5) is 0. The highest BCUT2D eigenvalue weighted by atomic mass is 35.5. The zero-order valence-corrected chi connectivity index (χ0v) is 13.4. The Kier molecular flexibility index (Phi) is 6.21. The molecule has 0 saturated carbocycles. The summed E-state index contributed by atoms with van der Waals surface area (Å²) < 4.78 is 11.1. The largest absolute Gasteiger partial charge is 0.493 e. The first kappa shape index (κ1) is 16.0. The van der Waals surface area contributed by atoms with Gasteiger partial charge in [0.15, 0.2) is 11.5 Å². The van der Waals surface area contributed by atoms with Crippen molar-refractivity contribution in [3.8, 4) is 11.5 Å². The highest BCUT2D eigenvalue weighted by Crippen LogP contribution is 2.28. The summed E-state index contributed by atoms with van der Waals surface area (Å²) in [6, 6.07) is 15.4. The van der Waals surface area contributed by atoms with Crippen LogP contribution < -0.4 is 9.47 Å². The van der Waals surface area contributed by atoms with Gasteiger partial charge >= 0.3 is 0 Å². The first-order valence-corrected chi connectivity index (χ1v) is 7.73. The Labute approximate surface area is 135 Å². The molecule has 21 heavy (non-hydrogen) atoms. The van der Waals surface area contributed by atoms with E-state index >= 15 is 0 Å². The number of alkyl halides is 1. The molecule has 4 heteroatoms. The molecule has 2 nitrogen and oxygen atoms in total. The molecule has 2 aromatic rings. The van der Waals surface area contributed by atoms with Crippen molar-refractivity contribution in [2.75, 3.05) is 19.6 Å². The van der Waals surface area contributed by atoms with Crippen LogP contribution in [0.15, 0.2) is 48.5 Å². The van der Waals surface area contributed by atoms with Gasteiger partial charge in [-0.2, -0.15) is 0 Å². The van der Waals surface area contributed by atoms with Crippen LogP contribution in [0.5, 0.6) is 11.5 Å². The molecule has 2 rings (SSSR count). The summed E-state index contributed by atoms with van der Waals surface area (Å²) in [5, 5.41) is 0.730. The molecular weight excluding hydrogens is 307 g/mol. The first-order valence-electron chi connectivity index (χ1n) is 6.82. The van der Waals surface area contributed by atoms with Crippen molar-refractivity contribution in [3.63, 3.8) is 0 Å². The van der Waals surface area contributed by atoms with E-state index in [-0.39, 0.29) is 5.92 Å². The lowest BCUT2D eigenvalue weighted by Gasteiger charge is -2.16. The fraction of sp³-hybridized carbons (Fsp3) is 0.294. The van der Waals surface area contributed by atoms with Gasteiger partial charge in [0.25, 0.3) is 0 Å². The maximum absolute atomic E-state index is 6.07. The number of ether oxygens (including phenoxy) is 2. The molecule has 2 aromatic carbocycles. The molecular formula is C17H18Cl2O2. The minimum atomic E-state index is 0.222. The Morgan fingerprint density at radius 1 is 1.05 bits per heavy atom. The third-order valence-electron chi connectivity index (χ3n) is 3.30. The van der Waals surface area contributed by atoms with Gasteiger partial charge in [-0.15, -0.1) is 11.6 Å². The highest BCUT2D eigenvalue weighted by Gasteiger charge is 2.12. The van der Waals surface area contributed by atoms with Gasteiger partial charge in [-0.1, -0.05) is 35.9 Å². The van der Waals surface area contributed by atoms with Gasteiger partial charge in [-0.25, -0.2) is 0 Å². The molecule has 0 radical (unpaired) electrons. The van der Waals surface area contributed by atoms with Crippen molar-refractivity contribution in [3.05, 3.63) is 59.1 Å². The second-order valence-electron chi connectivity index (χ2n) is 4.69. The number of hydrogen-bond acceptors (Lipinski definition) is 2. The fourth-order valence-corrected chi connectivity index (χ4v) is 2.67. The predicted octanol–water partition coefficient (Wildman–Crippen LogP) is 5.14. The molecule has 0 bridgehead atoms. The van der Waals surface area contributed by atoms with E-state index in [0.29, 0.717) is 12.5 Å². The minimum absolute atomic E-state index is 0.222. The molecule has 0 spiro atoms. The Bertz CT molecular complexity index is 572. The molecule has 0 saturated heterocycles. The lowest BCUT2D eigenvalue weighted by molar-refractivity contribution is 0.282. The zero-order chi connectivity index (χ0) is 15.1. The topological polar surface area (TPSA) is 18.5 Å². The molecule has 1 atom stereocenters. The zero-order valence-electron chi connectivity index (χ0n) is 11.9. The molecule has 1 unspecified atom stereocenters. The third-order valence-corrected chi connectivity index (χ3v) is 3.91. The van der Waals surface area contributed by atoms with Gasteiger partial charge < -0.3 is 9.47 Å². The smallest absolute Gasteiger partial charge is 0.161 e. The minimum Gasteiger partial charge on any atom is -0.493 e. The van der Waals surface area contributed by atoms with E-state index in [2.05, 4.69) is 0 Å². The van der Waals surface area contributed by atoms with E-state index in [9.17, 15) is 0 Å². The number of rotatable bonds is 7. The standard InChI is InChI=1S/C17H18Cl2O2/c1-20-16-7-2-3-8-17(16)21-10-9-14(12-18)13-5-4-6-15(19)11-13/h2-8,11,14H,9-10,12H2,1H3. The maximum atomic E-state index is 6.07. The van der Waals surface area contributed by atoms with Crippen LogP contribution in [0.3, 0.4) is 0 Å². The second-order valence-corrected chi connectivity index (χ2v) is 5.44. The van der Waals surface area contributed by atoms with Gasteiger partial charge in [0.05, 0.1) is 13.7 Å². The molecule has 0 N–H and O–H groups in total. The SMILES string of the molecule is COc1ccccc1OCCC(CCl)c1cccc(Cl)c1. The first-order chi connectivity index (χ1) is 10.2. The predicted molar refractivity (Wildman–Crippen MR) is 88.0 cm³/mol. The quantitative estimate of drug-likeness (QED) is 0.656. The van der Waals surface area contributed by atoms with Gasteiger partial charge in [-0.3, -0.25) is 0 Å². The Morgan fingerprint density at radius 2 is 1.81 bits per heavy atom. The van der Waals surface area contributed by atoms with Crippen LogP contribution in [0, 0.1) is 0 Å². The number of methoxy groups -OCH3 is 1. The number of hydrogen-bond donors (Lipinski definition) is 0. The average Bonchev–Trinajstić information content (AvgIpc) is 2.52. The molecule has 0 heterocycles. The lowest BCUT2D eigenvalue weighted by atomic mass is 9.98. The normalized spacial score (nSPS) is 12.0. The van der Waals surface area contributed by atoms with Crippen molar-refractivity contribution >= 4 is 23.2 Å². The monoisotopic (exact) mass is 324 g/mol. The molecule has 0 amide bonds. The van der Waals surface area contributed by atoms with Crippen LogP contribution in [0.2, 0.25) is 5.02 Å². The van der Waals surface area contributed by atoms with Gasteiger partial charge in [0, 0.05) is 16.8 Å². The van der Waals surface area contributed by atoms with E-state index in [1.165, 1.54) is 0 Å². The third kappa shape index (κ3) is 4.55. The van der Waals surface area contributed by atoms with E-state index < -0.39 is 0 Å². The molecule has 0 aliphatic heterocycles. The van der Waals surface area contributed by atoms with E-state index in [4.69, 9.17) is 32.7 Å². The lowest BCUT2D eigenvalue weighted by Crippen LogP contribution is -2.08. The summed E-state index contributed by atoms with van der Waals surface area (Å²) in [5.41, 5.74) is 1.14. The van der Waals surface area contributed by atoms with Crippen molar-refractivity contribution in [1.29, 1.82) is 0 Å². The van der Waals surface area contributed by atoms with Crippen molar-refractivity contribution < 1.29 is 9.47 Å². The molecule has 112 valence electrons. The van der Waals surface area contributed by atoms with E-state index in [0.717, 1.165) is 28.5 Å². The molecule has 0 fully saturated rings. The van der Waals surface area contributed by atoms with Crippen LogP contribution in [0.1, 0.15) is 17.9 Å². The van der Waals surface area contributed by atoms with Crippen LogP contribution >= 0.6 is 23.2 Å². The maximum Gasteiger partial charge on any atom is 0.161 e. The summed E-state index contributed by atoms with van der Waals surface area (Å²) in [6.45, 7) is 0.574. The van der Waals surface area contributed by atoms with Crippen LogP contribution in [0.4, 0.5) is 0 Å². The summed E-state index contributed by atoms with van der Waals surface area (Å²) >= 11 is 12.1. The van der Waals surface area contributed by atoms with Gasteiger partial charge in [0.2, 0.25) is 0 Å². The van der Waals surface area contributed by atoms with Crippen molar-refractivity contribution in [2.45, 2.75) is 12.3 Å². The van der Waals surface area contributed by atoms with Gasteiger partial charge in [0.1, 0.15) is 0 Å². The molecule has 0 aliphatic carbocycles. The number of benzene rings is 2. The highest BCUT2D eigenvalue weighted by molar-refractivity contribution is 6.30. The van der Waals surface area contributed by atoms with Crippen LogP contribution in [0.25, 0.3) is 0 Å². The Hall–Kier alpha value is -1.38. The van der Waals surface area contributed by atoms with Crippen LogP contribution in [-0.2, 0) is 0 Å². The number of halogens is 2. The van der Waals surface area contributed by atoms with Gasteiger partial charge in [-0.05, 0) is 36.2 Å². The summed E-state index contributed by atoms with van der Waals surface area (Å²) in [7, 11) is 1.63. The number of para-hydroxylation sites is 2. The summed E-state index contributed by atoms with van der Waals surface area (Å²) in [6.07, 6.45) is 0.821. The van der Waals surface area contributed by atoms with Crippen LogP contribution in [-0.4, -0.2) is 19.6 Å². The van der Waals surface area contributed by atoms with E-state index in [1.807, 2.05) is 48.5 Å². The van der Waals surface area contributed by atoms with Crippen molar-refractivity contribution in [1.82, 2.24) is 0 Å². The average molecular weight is 325 g/mol.